The first-order valence-corrected chi connectivity index (χ1v) is 12.2. The fraction of sp³-hybridized carbons (Fsp3) is 0.444. The Morgan fingerprint density at radius 2 is 2.00 bits per heavy atom. The zero-order chi connectivity index (χ0) is 24.2. The van der Waals surface area contributed by atoms with Gasteiger partial charge in [0.2, 0.25) is 0 Å². The van der Waals surface area contributed by atoms with E-state index in [0.717, 1.165) is 42.6 Å². The van der Waals surface area contributed by atoms with Gasteiger partial charge in [-0.1, -0.05) is 29.8 Å². The molecule has 2 fully saturated rings. The molecule has 2 aliphatic heterocycles. The Morgan fingerprint density at radius 3 is 2.71 bits per heavy atom. The van der Waals surface area contributed by atoms with E-state index >= 15 is 0 Å². The molecule has 2 heterocycles. The summed E-state index contributed by atoms with van der Waals surface area (Å²) >= 11 is 6.45. The molecule has 2 atom stereocenters. The summed E-state index contributed by atoms with van der Waals surface area (Å²) in [6.45, 7) is 14.9. The molecule has 2 aromatic carbocycles. The van der Waals surface area contributed by atoms with Crippen LogP contribution in [-0.4, -0.2) is 59.9 Å². The smallest absolute Gasteiger partial charge is 0.252 e. The lowest BCUT2D eigenvalue weighted by molar-refractivity contribution is -0.145. The molecule has 0 aromatic heterocycles. The highest BCUT2D eigenvalue weighted by Gasteiger charge is 2.34. The molecule has 0 bridgehead atoms. The molecule has 0 unspecified atom stereocenters. The van der Waals surface area contributed by atoms with Crippen LogP contribution in [0.15, 0.2) is 36.4 Å². The maximum atomic E-state index is 12.9. The molecule has 2 aliphatic rings. The van der Waals surface area contributed by atoms with Gasteiger partial charge in [0.15, 0.2) is 11.5 Å². The lowest BCUT2D eigenvalue weighted by Crippen LogP contribution is -2.55. The first-order chi connectivity index (χ1) is 16.4. The van der Waals surface area contributed by atoms with Crippen molar-refractivity contribution in [1.82, 2.24) is 9.80 Å². The summed E-state index contributed by atoms with van der Waals surface area (Å²) in [4.78, 5) is 33.4. The summed E-state index contributed by atoms with van der Waals surface area (Å²) < 4.78 is 5.60. The summed E-state index contributed by atoms with van der Waals surface area (Å²) in [5.74, 6) is 0.0865. The molecule has 4 rings (SSSR count). The molecule has 34 heavy (non-hydrogen) atoms. The molecule has 0 N–H and O–H groups in total. The molecule has 0 saturated carbocycles. The van der Waals surface area contributed by atoms with Crippen LogP contribution in [0.1, 0.15) is 46.8 Å². The van der Waals surface area contributed by atoms with E-state index in [-0.39, 0.29) is 30.3 Å². The van der Waals surface area contributed by atoms with Crippen LogP contribution in [0.2, 0.25) is 5.02 Å². The Labute approximate surface area is 206 Å². The van der Waals surface area contributed by atoms with Crippen LogP contribution in [0, 0.1) is 13.5 Å². The minimum Gasteiger partial charge on any atom is -0.368 e. The predicted molar refractivity (Wildman–Crippen MR) is 132 cm³/mol. The summed E-state index contributed by atoms with van der Waals surface area (Å²) in [5.41, 5.74) is 4.05. The third-order valence-corrected chi connectivity index (χ3v) is 7.05. The van der Waals surface area contributed by atoms with Crippen LogP contribution in [-0.2, 0) is 22.5 Å². The predicted octanol–water partition coefficient (Wildman–Crippen LogP) is 4.84. The molecule has 2 saturated heterocycles. The summed E-state index contributed by atoms with van der Waals surface area (Å²) in [7, 11) is 0. The van der Waals surface area contributed by atoms with Gasteiger partial charge in [0.1, 0.15) is 6.10 Å². The van der Waals surface area contributed by atoms with Crippen molar-refractivity contribution in [1.29, 1.82) is 0 Å². The lowest BCUT2D eigenvalue weighted by atomic mass is 9.95. The number of piperazine rings is 1. The molecule has 2 aromatic rings. The number of hydrogen-bond acceptors (Lipinski definition) is 4. The minimum absolute atomic E-state index is 0.0308. The van der Waals surface area contributed by atoms with Gasteiger partial charge in [-0.3, -0.25) is 14.5 Å². The number of ketones is 1. The molecule has 178 valence electrons. The van der Waals surface area contributed by atoms with E-state index in [1.807, 2.05) is 24.0 Å². The Bertz CT molecular complexity index is 1120. The van der Waals surface area contributed by atoms with E-state index in [2.05, 4.69) is 16.7 Å². The van der Waals surface area contributed by atoms with Crippen molar-refractivity contribution < 1.29 is 14.3 Å². The maximum Gasteiger partial charge on any atom is 0.252 e. The largest absolute Gasteiger partial charge is 0.368 e. The monoisotopic (exact) mass is 479 g/mol. The number of Topliss-reactive ketones (excluding diaryl/α,β-unsaturated/α-hetero) is 1. The number of rotatable bonds is 6. The molecule has 0 aliphatic carbocycles. The molecule has 0 radical (unpaired) electrons. The van der Waals surface area contributed by atoms with Crippen molar-refractivity contribution in [3.8, 4) is 0 Å². The van der Waals surface area contributed by atoms with Gasteiger partial charge in [-0.25, -0.2) is 4.85 Å². The molecule has 0 spiro atoms. The quantitative estimate of drug-likeness (QED) is 0.439. The van der Waals surface area contributed by atoms with Crippen LogP contribution in [0.25, 0.3) is 4.85 Å². The first-order valence-electron chi connectivity index (χ1n) is 11.8. The van der Waals surface area contributed by atoms with E-state index in [9.17, 15) is 9.59 Å². The van der Waals surface area contributed by atoms with Crippen LogP contribution in [0.3, 0.4) is 0 Å². The molecular weight excluding hydrogens is 450 g/mol. The third-order valence-electron chi connectivity index (χ3n) is 6.83. The summed E-state index contributed by atoms with van der Waals surface area (Å²) in [5, 5.41) is 0.610. The average Bonchev–Trinajstić information content (AvgIpc) is 3.37. The number of ether oxygens (including phenoxy) is 1. The second-order valence-corrected chi connectivity index (χ2v) is 9.66. The van der Waals surface area contributed by atoms with Gasteiger partial charge in [-0.15, -0.1) is 0 Å². The molecule has 7 heteroatoms. The van der Waals surface area contributed by atoms with Gasteiger partial charge >= 0.3 is 0 Å². The maximum absolute atomic E-state index is 12.9. The molecule has 1 amide bonds. The highest BCUT2D eigenvalue weighted by Crippen LogP contribution is 2.26. The second kappa shape index (κ2) is 10.7. The third kappa shape index (κ3) is 5.50. The fourth-order valence-electron chi connectivity index (χ4n) is 4.87. The van der Waals surface area contributed by atoms with Gasteiger partial charge in [-0.05, 0) is 61.6 Å². The Morgan fingerprint density at radius 1 is 1.21 bits per heavy atom. The van der Waals surface area contributed by atoms with Crippen molar-refractivity contribution >= 4 is 29.0 Å². The van der Waals surface area contributed by atoms with Crippen LogP contribution in [0.4, 0.5) is 5.69 Å². The van der Waals surface area contributed by atoms with Gasteiger partial charge in [0.25, 0.3) is 5.91 Å². The number of amides is 1. The van der Waals surface area contributed by atoms with Crippen molar-refractivity contribution in [2.75, 3.05) is 26.2 Å². The van der Waals surface area contributed by atoms with Crippen molar-refractivity contribution in [2.24, 2.45) is 0 Å². The summed E-state index contributed by atoms with van der Waals surface area (Å²) in [6.07, 6.45) is 1.73. The van der Waals surface area contributed by atoms with Crippen LogP contribution >= 0.6 is 11.6 Å². The van der Waals surface area contributed by atoms with E-state index in [1.165, 1.54) is 0 Å². The highest BCUT2D eigenvalue weighted by molar-refractivity contribution is 6.30. The van der Waals surface area contributed by atoms with E-state index in [1.54, 1.807) is 24.3 Å². The lowest BCUT2D eigenvalue weighted by Gasteiger charge is -2.41. The molecule has 6 nitrogen and oxygen atoms in total. The van der Waals surface area contributed by atoms with Crippen molar-refractivity contribution in [3.63, 3.8) is 0 Å². The van der Waals surface area contributed by atoms with E-state index < -0.39 is 0 Å². The standard InChI is InChI=1S/C27H30ClN3O3/c1-18-16-30(9-10-31(18)27(33)26-8-5-11-34-26)17-22-13-23(28)12-21(19(22)2)15-25(32)20-6-4-7-24(14-20)29-3/h4,6-7,12-14,18,26H,5,8-11,15-17H2,1-2H3/t18-,26+/m0/s1. The van der Waals surface area contributed by atoms with Gasteiger partial charge < -0.3 is 9.64 Å². The van der Waals surface area contributed by atoms with Crippen LogP contribution in [0.5, 0.6) is 0 Å². The highest BCUT2D eigenvalue weighted by atomic mass is 35.5. The second-order valence-electron chi connectivity index (χ2n) is 9.23. The average molecular weight is 480 g/mol. The van der Waals surface area contributed by atoms with Crippen molar-refractivity contribution in [3.05, 3.63) is 75.1 Å². The minimum atomic E-state index is -0.278. The zero-order valence-corrected chi connectivity index (χ0v) is 20.5. The normalized spacial score (nSPS) is 20.8. The van der Waals surface area contributed by atoms with E-state index in [0.29, 0.717) is 36.0 Å². The number of hydrogen-bond donors (Lipinski definition) is 0. The number of halogens is 1. The van der Waals surface area contributed by atoms with Gasteiger partial charge in [0, 0.05) is 55.8 Å². The summed E-state index contributed by atoms with van der Waals surface area (Å²) in [6, 6.07) is 10.8. The Hall–Kier alpha value is -2.72. The fourth-order valence-corrected chi connectivity index (χ4v) is 5.13. The molecular formula is C27H30ClN3O3. The van der Waals surface area contributed by atoms with Crippen molar-refractivity contribution in [2.45, 2.75) is 51.8 Å². The van der Waals surface area contributed by atoms with Gasteiger partial charge in [0.05, 0.1) is 6.57 Å². The number of carbonyl (C=O) groups is 2. The number of benzene rings is 2. The zero-order valence-electron chi connectivity index (χ0n) is 19.7. The topological polar surface area (TPSA) is 54.2 Å². The van der Waals surface area contributed by atoms with Gasteiger partial charge in [-0.2, -0.15) is 0 Å². The van der Waals surface area contributed by atoms with E-state index in [4.69, 9.17) is 22.9 Å². The number of nitrogens with zero attached hydrogens (tertiary/aromatic N) is 3. The SMILES string of the molecule is [C-]#[N+]c1cccc(C(=O)Cc2cc(Cl)cc(CN3CCN(C(=O)[C@H]4CCCO4)[C@@H](C)C3)c2C)c1. The Kier molecular flexibility index (Phi) is 7.67. The van der Waals surface area contributed by atoms with Crippen LogP contribution < -0.4 is 0 Å². The number of carbonyl (C=O) groups excluding carboxylic acids is 2. The Balaban J connectivity index is 1.43. The first kappa shape index (κ1) is 24.4.